The Kier molecular flexibility index (Phi) is 27.1. The van der Waals surface area contributed by atoms with Gasteiger partial charge in [-0.15, -0.1) is 0 Å². The highest BCUT2D eigenvalue weighted by Gasteiger charge is 2.54. The van der Waals surface area contributed by atoms with Crippen LogP contribution in [0.1, 0.15) is 190 Å². The SMILES string of the molecule is CC(=O)N(C)C1=NN(C(C)C)c2cc3cnc(Nc4ccc(S(N)(=O)=O)cn4)nc3n2C12CCCCC2.CC(=O)N(C)C1=NN(C)c2cc3cnc(Nc4ccc(S(N)(=O)=O)cn4)nc3n2C12CCCCC2.CC(=O)N(C)C1=NN(C2CC2)c2cc3cnc(Nc4ccc(S(N)(=O)=O)cn4)nc3n2C12CCCCC2.CCN1N=C(N(C)C(C)=O)C2(CCCCC2)n2c1cc1cnc(Nc3ccc(S(N)(=O)=O)cn3)nc12. The third kappa shape index (κ3) is 19.3. The molecule has 12 aromatic heterocycles. The number of amidine groups is 4. The summed E-state index contributed by atoms with van der Waals surface area (Å²) in [7, 11) is -6.35. The Balaban J connectivity index is 0.000000127. The van der Waals surface area contributed by atoms with E-state index in [0.717, 1.165) is 226 Å². The largest absolute Gasteiger partial charge is 0.309 e. The molecule has 9 aliphatic rings. The number of primary sulfonamides is 4. The van der Waals surface area contributed by atoms with E-state index in [0.29, 0.717) is 65.5 Å². The summed E-state index contributed by atoms with van der Waals surface area (Å²) in [5.41, 5.74) is 0.942. The summed E-state index contributed by atoms with van der Waals surface area (Å²) in [6, 6.07) is 20.1. The summed E-state index contributed by atoms with van der Waals surface area (Å²) in [5.74, 6) is 9.16. The molecule has 16 heterocycles. The first kappa shape index (κ1) is 101. The normalized spacial score (nSPS) is 17.6. The van der Waals surface area contributed by atoms with Crippen molar-refractivity contribution in [1.29, 1.82) is 0 Å². The van der Waals surface area contributed by atoms with Crippen LogP contribution in [-0.2, 0) is 81.4 Å². The molecule has 764 valence electrons. The Morgan fingerprint density at radius 2 is 0.634 bits per heavy atom. The number of hydrazone groups is 4. The fraction of sp³-hybridized carbons (Fsp3) is 0.441. The lowest BCUT2D eigenvalue weighted by Gasteiger charge is -2.47. The van der Waals surface area contributed by atoms with E-state index in [-0.39, 0.29) is 49.3 Å². The van der Waals surface area contributed by atoms with E-state index in [9.17, 15) is 52.8 Å². The Morgan fingerprint density at radius 3 is 0.917 bits per heavy atom. The number of nitrogens with zero attached hydrogens (tertiary/aromatic N) is 28. The molecule has 4 aliphatic heterocycles. The fourth-order valence-corrected chi connectivity index (χ4v) is 22.5. The van der Waals surface area contributed by atoms with Crippen LogP contribution in [0.2, 0.25) is 0 Å². The quantitative estimate of drug-likeness (QED) is 0.0473. The minimum absolute atomic E-state index is 0.0476. The van der Waals surface area contributed by atoms with Gasteiger partial charge in [0.05, 0.1) is 6.04 Å². The van der Waals surface area contributed by atoms with Gasteiger partial charge in [-0.05, 0) is 158 Å². The smallest absolute Gasteiger partial charge is 0.239 e. The van der Waals surface area contributed by atoms with Crippen LogP contribution in [0.25, 0.3) is 44.1 Å². The molecule has 4 amide bonds. The number of carbonyl (C=O) groups is 4. The molecule has 52 heteroatoms. The third-order valence-electron chi connectivity index (χ3n) is 28.2. The van der Waals surface area contributed by atoms with Crippen molar-refractivity contribution in [3.63, 3.8) is 0 Å². The van der Waals surface area contributed by atoms with Crippen LogP contribution < -0.4 is 61.9 Å². The molecule has 12 aromatic rings. The van der Waals surface area contributed by atoms with Gasteiger partial charge in [0.15, 0.2) is 23.3 Å². The first-order valence-electron chi connectivity index (χ1n) is 48.0. The number of carbonyl (C=O) groups excluding carboxylic acids is 4. The number of likely N-dealkylation sites (N-methyl/N-ethyl adjacent to an activating group) is 4. The van der Waals surface area contributed by atoms with Gasteiger partial charge in [-0.3, -0.25) is 42.5 Å². The van der Waals surface area contributed by atoms with E-state index in [1.54, 1.807) is 105 Å². The van der Waals surface area contributed by atoms with Crippen molar-refractivity contribution in [2.75, 3.05) is 83.1 Å². The minimum atomic E-state index is -3.84. The Hall–Kier alpha value is -14.3. The Labute approximate surface area is 837 Å². The Bertz CT molecular complexity index is 7500. The maximum atomic E-state index is 12.5. The van der Waals surface area contributed by atoms with Gasteiger partial charge < -0.3 is 40.9 Å². The van der Waals surface area contributed by atoms with Gasteiger partial charge >= 0.3 is 0 Å². The fourth-order valence-electron chi connectivity index (χ4n) is 20.6. The zero-order valence-corrected chi connectivity index (χ0v) is 85.6. The van der Waals surface area contributed by atoms with Crippen molar-refractivity contribution < 1.29 is 52.8 Å². The average molecular weight is 2060 g/mol. The molecule has 12 N–H and O–H groups in total. The molecular formula is C93H116N36O12S4. The van der Waals surface area contributed by atoms with E-state index < -0.39 is 62.2 Å². The molecule has 5 fully saturated rings. The maximum absolute atomic E-state index is 12.5. The van der Waals surface area contributed by atoms with Crippen LogP contribution in [0.5, 0.6) is 0 Å². The predicted molar refractivity (Wildman–Crippen MR) is 548 cm³/mol. The molecule has 48 nitrogen and oxygen atoms in total. The number of fused-ring (bicyclic) bond motifs is 16. The lowest BCUT2D eigenvalue weighted by molar-refractivity contribution is -0.125. The van der Waals surface area contributed by atoms with E-state index in [2.05, 4.69) is 104 Å². The molecule has 0 atom stereocenters. The van der Waals surface area contributed by atoms with Gasteiger partial charge in [0, 0.05) is 147 Å². The van der Waals surface area contributed by atoms with Crippen LogP contribution in [0.15, 0.2) is 162 Å². The van der Waals surface area contributed by atoms with Crippen molar-refractivity contribution >= 4 is 202 Å². The second-order valence-corrected chi connectivity index (χ2v) is 44.3. The van der Waals surface area contributed by atoms with Crippen molar-refractivity contribution in [2.24, 2.45) is 41.0 Å². The summed E-state index contributed by atoms with van der Waals surface area (Å²) >= 11 is 0. The molecule has 0 aromatic carbocycles. The molecule has 4 spiro atoms. The topological polar surface area (TPSA) is 607 Å². The van der Waals surface area contributed by atoms with Gasteiger partial charge in [0.25, 0.3) is 0 Å². The van der Waals surface area contributed by atoms with Crippen molar-refractivity contribution in [1.82, 2.24) is 97.7 Å². The zero-order valence-electron chi connectivity index (χ0n) is 82.3. The highest BCUT2D eigenvalue weighted by molar-refractivity contribution is 7.90. The lowest BCUT2D eigenvalue weighted by Crippen LogP contribution is -2.56. The van der Waals surface area contributed by atoms with E-state index >= 15 is 0 Å². The molecule has 0 bridgehead atoms. The summed E-state index contributed by atoms with van der Waals surface area (Å²) < 4.78 is 101. The third-order valence-corrected chi connectivity index (χ3v) is 31.8. The van der Waals surface area contributed by atoms with Crippen LogP contribution in [0, 0.1) is 0 Å². The number of sulfonamides is 4. The van der Waals surface area contributed by atoms with Crippen LogP contribution >= 0.6 is 0 Å². The number of nitrogens with two attached hydrogens (primary N) is 4. The zero-order chi connectivity index (χ0) is 103. The van der Waals surface area contributed by atoms with E-state index in [1.807, 2.05) is 42.2 Å². The summed E-state index contributed by atoms with van der Waals surface area (Å²) in [5, 5.41) is 63.9. The lowest BCUT2D eigenvalue weighted by atomic mass is 9.79. The Morgan fingerprint density at radius 1 is 0.366 bits per heavy atom. The summed E-state index contributed by atoms with van der Waals surface area (Å²) in [6.45, 7) is 13.0. The number of rotatable bonds is 15. The minimum Gasteiger partial charge on any atom is -0.309 e. The highest BCUT2D eigenvalue weighted by Crippen LogP contribution is 2.53. The van der Waals surface area contributed by atoms with Gasteiger partial charge in [-0.25, -0.2) is 109 Å². The second kappa shape index (κ2) is 39.0. The predicted octanol–water partition coefficient (Wildman–Crippen LogP) is 10.2. The van der Waals surface area contributed by atoms with Crippen LogP contribution in [0.3, 0.4) is 0 Å². The number of pyridine rings is 4. The van der Waals surface area contributed by atoms with E-state index in [1.165, 1.54) is 73.3 Å². The highest BCUT2D eigenvalue weighted by atomic mass is 32.2. The molecule has 5 aliphatic carbocycles. The molecule has 145 heavy (non-hydrogen) atoms. The summed E-state index contributed by atoms with van der Waals surface area (Å²) in [6.07, 6.45) is 33.3. The van der Waals surface area contributed by atoms with Crippen molar-refractivity contribution in [2.45, 2.75) is 244 Å². The van der Waals surface area contributed by atoms with Crippen molar-refractivity contribution in [3.8, 4) is 0 Å². The molecule has 0 unspecified atom stereocenters. The average Bonchev–Trinajstić information content (AvgIpc) is 1.55. The number of hydrogen-bond donors (Lipinski definition) is 8. The first-order chi connectivity index (χ1) is 68.9. The van der Waals surface area contributed by atoms with Gasteiger partial charge in [0.2, 0.25) is 87.5 Å². The van der Waals surface area contributed by atoms with Gasteiger partial charge in [-0.2, -0.15) is 40.3 Å². The van der Waals surface area contributed by atoms with E-state index in [4.69, 9.17) is 60.9 Å². The number of anilines is 12. The number of hydrogen-bond acceptors (Lipinski definition) is 36. The van der Waals surface area contributed by atoms with Crippen LogP contribution in [0.4, 0.5) is 70.3 Å². The standard InChI is InChI=1S/C24H29N9O3S.C24H31N9O3S.C23H29N9O3S.C22H27N9O3S/c1-15(34)31(2)22-24(10-4-3-5-11-24)32-20(33(30-22)17-6-7-17)12-16-13-27-23(29-21(16)32)28-19-9-8-18(14-26-19)37(25,35)36;1-15(2)33-20-12-17-13-27-23(28-19-9-8-18(14-26-19)37(25,35)36)29-21(17)32(20)24(10-6-5-7-11-24)22(30-33)31(4)16(3)34;1-4-31-19-12-16-13-26-22(27-18-9-8-17(14-25-18)36(24,34)35)28-20(16)32(19)23(10-6-5-7-11-23)21(29-31)30(3)15(2)33;1-14(32)29(2)20-22(9-5-4-6-10-22)31-18(30(3)28-20)11-15-12-25-21(27-19(15)31)26-17-8-7-16(13-24-17)35(23,33)34/h8-9,12-14,17H,3-7,10-11H2,1-2H3,(H2,25,35,36)(H,26,27,28,29);8-9,12-15H,5-7,10-11H2,1-4H3,(H2,25,35,36)(H,26,27,28,29);8-9,12-14H,4-7,10-11H2,1-3H3,(H2,24,34,35)(H,25,26,27,28);7-8,11-13H,4-6,9-10H2,1-3H3,(H2,23,33,34)(H,24,25,26,27). The van der Waals surface area contributed by atoms with Gasteiger partial charge in [0.1, 0.15) is 111 Å². The number of aromatic nitrogens is 16. The maximum Gasteiger partial charge on any atom is 0.239 e. The van der Waals surface area contributed by atoms with Gasteiger partial charge in [-0.1, -0.05) is 77.0 Å². The van der Waals surface area contributed by atoms with Crippen molar-refractivity contribution in [3.05, 3.63) is 122 Å². The second-order valence-electron chi connectivity index (χ2n) is 38.1. The molecule has 0 radical (unpaired) electrons. The molecule has 21 rings (SSSR count). The monoisotopic (exact) mass is 2060 g/mol. The number of amides is 4. The molecule has 5 saturated carbocycles. The molecular weight excluding hydrogens is 1940 g/mol. The first-order valence-corrected chi connectivity index (χ1v) is 54.1. The summed E-state index contributed by atoms with van der Waals surface area (Å²) in [4.78, 5) is 110. The number of nitrogens with one attached hydrogen (secondary N) is 4. The molecule has 0 saturated heterocycles. The van der Waals surface area contributed by atoms with Crippen LogP contribution in [-0.4, -0.2) is 232 Å².